The van der Waals surface area contributed by atoms with Gasteiger partial charge >= 0.3 is 0 Å². The van der Waals surface area contributed by atoms with Crippen LogP contribution in [0.3, 0.4) is 0 Å². The topological polar surface area (TPSA) is 74.8 Å². The Labute approximate surface area is 161 Å². The zero-order chi connectivity index (χ0) is 20.0. The van der Waals surface area contributed by atoms with Gasteiger partial charge in [0.05, 0.1) is 0 Å². The van der Waals surface area contributed by atoms with Crippen molar-refractivity contribution in [2.24, 2.45) is 0 Å². The van der Waals surface area contributed by atoms with Crippen molar-refractivity contribution in [2.75, 3.05) is 13.1 Å². The van der Waals surface area contributed by atoms with E-state index < -0.39 is 23.6 Å². The van der Waals surface area contributed by atoms with E-state index in [-0.39, 0.29) is 13.1 Å². The molecule has 0 fully saturated rings. The minimum absolute atomic E-state index is 0.174. The molecule has 2 aromatic rings. The van der Waals surface area contributed by atoms with Crippen LogP contribution < -0.4 is 0 Å². The Morgan fingerprint density at radius 2 is 0.893 bits per heavy atom. The maximum Gasteiger partial charge on any atom is 0.261 e. The molecule has 6 nitrogen and oxygen atoms in total. The minimum Gasteiger partial charge on any atom is -0.270 e. The van der Waals surface area contributed by atoms with Gasteiger partial charge < -0.3 is 0 Å². The first kappa shape index (κ1) is 17.9. The SMILES string of the molecule is CC=CCN1C(=O)c2ccc3c4c(ccc(c24)C1=O)C(=O)N(CC=CC)C3=O. The van der Waals surface area contributed by atoms with Crippen molar-refractivity contribution in [3.63, 3.8) is 0 Å². The van der Waals surface area contributed by atoms with Gasteiger partial charge in [-0.2, -0.15) is 0 Å². The normalized spacial score (nSPS) is 16.4. The highest BCUT2D eigenvalue weighted by molar-refractivity contribution is 6.33. The highest BCUT2D eigenvalue weighted by Gasteiger charge is 2.38. The Morgan fingerprint density at radius 1 is 0.607 bits per heavy atom. The highest BCUT2D eigenvalue weighted by Crippen LogP contribution is 2.37. The van der Waals surface area contributed by atoms with E-state index in [1.807, 2.05) is 13.8 Å². The molecule has 0 atom stereocenters. The zero-order valence-electron chi connectivity index (χ0n) is 15.6. The molecule has 0 unspecified atom stereocenters. The van der Waals surface area contributed by atoms with Crippen LogP contribution in [0.4, 0.5) is 0 Å². The Morgan fingerprint density at radius 3 is 1.14 bits per heavy atom. The molecule has 6 heteroatoms. The fourth-order valence-corrected chi connectivity index (χ4v) is 3.73. The van der Waals surface area contributed by atoms with Crippen LogP contribution in [0.1, 0.15) is 55.3 Å². The molecule has 28 heavy (non-hydrogen) atoms. The third-order valence-electron chi connectivity index (χ3n) is 5.11. The van der Waals surface area contributed by atoms with Gasteiger partial charge in [-0.1, -0.05) is 24.3 Å². The van der Waals surface area contributed by atoms with Gasteiger partial charge in [0, 0.05) is 46.1 Å². The van der Waals surface area contributed by atoms with Gasteiger partial charge in [0.15, 0.2) is 0 Å². The number of carbonyl (C=O) groups is 4. The number of hydrogen-bond donors (Lipinski definition) is 0. The van der Waals surface area contributed by atoms with Gasteiger partial charge in [-0.25, -0.2) is 0 Å². The average Bonchev–Trinajstić information content (AvgIpc) is 2.70. The van der Waals surface area contributed by atoms with Crippen LogP contribution in [0.5, 0.6) is 0 Å². The van der Waals surface area contributed by atoms with Crippen LogP contribution in [0.2, 0.25) is 0 Å². The maximum absolute atomic E-state index is 12.9. The number of hydrogen-bond acceptors (Lipinski definition) is 4. The smallest absolute Gasteiger partial charge is 0.261 e. The second-order valence-electron chi connectivity index (χ2n) is 6.65. The van der Waals surface area contributed by atoms with Gasteiger partial charge in [-0.05, 0) is 38.1 Å². The van der Waals surface area contributed by atoms with Crippen molar-refractivity contribution in [1.82, 2.24) is 9.80 Å². The number of rotatable bonds is 4. The lowest BCUT2D eigenvalue weighted by molar-refractivity contribution is 0.0607. The van der Waals surface area contributed by atoms with E-state index in [0.717, 1.165) is 0 Å². The molecule has 0 saturated heterocycles. The third-order valence-corrected chi connectivity index (χ3v) is 5.11. The summed E-state index contributed by atoms with van der Waals surface area (Å²) in [6.45, 7) is 3.98. The molecule has 140 valence electrons. The number of imide groups is 2. The van der Waals surface area contributed by atoms with Crippen molar-refractivity contribution >= 4 is 34.4 Å². The maximum atomic E-state index is 12.9. The van der Waals surface area contributed by atoms with E-state index in [1.165, 1.54) is 9.80 Å². The minimum atomic E-state index is -0.421. The monoisotopic (exact) mass is 374 g/mol. The molecule has 0 aromatic heterocycles. The van der Waals surface area contributed by atoms with E-state index in [4.69, 9.17) is 0 Å². The van der Waals surface area contributed by atoms with E-state index >= 15 is 0 Å². The predicted molar refractivity (Wildman–Crippen MR) is 104 cm³/mol. The second-order valence-corrected chi connectivity index (χ2v) is 6.65. The van der Waals surface area contributed by atoms with Crippen molar-refractivity contribution in [3.05, 3.63) is 70.8 Å². The van der Waals surface area contributed by atoms with Crippen molar-refractivity contribution < 1.29 is 19.2 Å². The summed E-state index contributed by atoms with van der Waals surface area (Å²) in [5, 5.41) is 0.795. The molecule has 2 heterocycles. The standard InChI is InChI=1S/C22H18N2O4/c1-3-5-11-23-19(25)13-7-9-15-18-16(10-8-14(17(13)18)20(23)26)22(28)24(21(15)27)12-6-4-2/h3-10H,11-12H2,1-2H3. The van der Waals surface area contributed by atoms with Crippen LogP contribution in [0.25, 0.3) is 10.8 Å². The molecule has 0 aliphatic carbocycles. The Bertz CT molecular complexity index is 968. The quantitative estimate of drug-likeness (QED) is 0.608. The second kappa shape index (κ2) is 6.56. The Hall–Kier alpha value is -3.54. The van der Waals surface area contributed by atoms with E-state index in [9.17, 15) is 19.2 Å². The fourth-order valence-electron chi connectivity index (χ4n) is 3.73. The molecule has 0 radical (unpaired) electrons. The largest absolute Gasteiger partial charge is 0.270 e. The highest BCUT2D eigenvalue weighted by atomic mass is 16.2. The summed E-state index contributed by atoms with van der Waals surface area (Å²) >= 11 is 0. The lowest BCUT2D eigenvalue weighted by Gasteiger charge is -2.31. The average molecular weight is 374 g/mol. The summed E-state index contributed by atoms with van der Waals surface area (Å²) in [4.78, 5) is 53.9. The molecule has 0 N–H and O–H groups in total. The lowest BCUT2D eigenvalue weighted by atomic mass is 9.86. The van der Waals surface area contributed by atoms with Gasteiger partial charge in [0.1, 0.15) is 0 Å². The Balaban J connectivity index is 1.96. The van der Waals surface area contributed by atoms with E-state index in [1.54, 1.807) is 48.6 Å². The molecule has 0 bridgehead atoms. The molecule has 4 rings (SSSR count). The number of allylic oxidation sites excluding steroid dienone is 2. The molecule has 0 saturated carbocycles. The molecule has 2 aliphatic heterocycles. The number of nitrogens with zero attached hydrogens (tertiary/aromatic N) is 2. The third kappa shape index (κ3) is 2.34. The molecular weight excluding hydrogens is 356 g/mol. The van der Waals surface area contributed by atoms with Crippen LogP contribution in [-0.2, 0) is 0 Å². The summed E-state index contributed by atoms with van der Waals surface area (Å²) in [5.74, 6) is -1.68. The van der Waals surface area contributed by atoms with Gasteiger partial charge in [-0.3, -0.25) is 29.0 Å². The van der Waals surface area contributed by atoms with Crippen LogP contribution in [0, 0.1) is 0 Å². The Kier molecular flexibility index (Phi) is 4.19. The summed E-state index contributed by atoms with van der Waals surface area (Å²) < 4.78 is 0. The molecule has 2 aliphatic rings. The van der Waals surface area contributed by atoms with Gasteiger partial charge in [0.25, 0.3) is 23.6 Å². The van der Waals surface area contributed by atoms with E-state index in [0.29, 0.717) is 33.0 Å². The number of carbonyl (C=O) groups excluding carboxylic acids is 4. The van der Waals surface area contributed by atoms with Crippen molar-refractivity contribution in [3.8, 4) is 0 Å². The van der Waals surface area contributed by atoms with Gasteiger partial charge in [-0.15, -0.1) is 0 Å². The van der Waals surface area contributed by atoms with Crippen LogP contribution in [0.15, 0.2) is 48.6 Å². The predicted octanol–water partition coefficient (Wildman–Crippen LogP) is 3.18. The molecular formula is C22H18N2O4. The summed E-state index contributed by atoms with van der Waals surface area (Å²) in [6.07, 6.45) is 7.01. The summed E-state index contributed by atoms with van der Waals surface area (Å²) in [7, 11) is 0. The summed E-state index contributed by atoms with van der Waals surface area (Å²) in [5.41, 5.74) is 1.34. The number of benzene rings is 2. The van der Waals surface area contributed by atoms with Crippen molar-refractivity contribution in [2.45, 2.75) is 13.8 Å². The first-order valence-corrected chi connectivity index (χ1v) is 9.05. The van der Waals surface area contributed by atoms with Crippen LogP contribution in [-0.4, -0.2) is 46.5 Å². The van der Waals surface area contributed by atoms with Gasteiger partial charge in [0.2, 0.25) is 0 Å². The first-order valence-electron chi connectivity index (χ1n) is 9.05. The fraction of sp³-hybridized carbons (Fsp3) is 0.182. The summed E-state index contributed by atoms with van der Waals surface area (Å²) in [6, 6.07) is 6.29. The molecule has 0 spiro atoms. The lowest BCUT2D eigenvalue weighted by Crippen LogP contribution is -2.43. The zero-order valence-corrected chi connectivity index (χ0v) is 15.6. The molecule has 2 aromatic carbocycles. The number of amides is 4. The van der Waals surface area contributed by atoms with Crippen LogP contribution >= 0.6 is 0 Å². The van der Waals surface area contributed by atoms with Crippen molar-refractivity contribution in [1.29, 1.82) is 0 Å². The van der Waals surface area contributed by atoms with E-state index in [2.05, 4.69) is 0 Å². The molecule has 4 amide bonds. The first-order chi connectivity index (χ1) is 13.5.